The van der Waals surface area contributed by atoms with E-state index in [1.54, 1.807) is 57.2 Å². The van der Waals surface area contributed by atoms with Crippen molar-refractivity contribution >= 4 is 28.0 Å². The van der Waals surface area contributed by atoms with Gasteiger partial charge < -0.3 is 19.5 Å². The largest absolute Gasteiger partial charge is 0.488 e. The number of carbonyl (C=O) groups is 2. The second-order valence-electron chi connectivity index (χ2n) is 9.14. The van der Waals surface area contributed by atoms with Gasteiger partial charge in [0.05, 0.1) is 18.0 Å². The van der Waals surface area contributed by atoms with Crippen LogP contribution in [-0.4, -0.2) is 24.8 Å². The molecule has 0 saturated carbocycles. The van der Waals surface area contributed by atoms with E-state index in [1.807, 2.05) is 24.3 Å². The lowest BCUT2D eigenvalue weighted by molar-refractivity contribution is -0.139. The van der Waals surface area contributed by atoms with Gasteiger partial charge in [-0.15, -0.1) is 0 Å². The molecule has 0 aliphatic heterocycles. The van der Waals surface area contributed by atoms with Crippen molar-refractivity contribution in [2.45, 2.75) is 45.9 Å². The maximum Gasteiger partial charge on any atom is 0.407 e. The summed E-state index contributed by atoms with van der Waals surface area (Å²) < 4.78 is 31.1. The van der Waals surface area contributed by atoms with Crippen LogP contribution in [0.25, 0.3) is 11.1 Å². The molecule has 0 spiro atoms. The van der Waals surface area contributed by atoms with Crippen LogP contribution in [0.4, 0.5) is 9.18 Å². The Morgan fingerprint density at radius 2 is 1.72 bits per heavy atom. The van der Waals surface area contributed by atoms with Crippen LogP contribution >= 0.6 is 15.9 Å². The van der Waals surface area contributed by atoms with Gasteiger partial charge in [0.15, 0.2) is 0 Å². The van der Waals surface area contributed by atoms with E-state index in [0.29, 0.717) is 21.3 Å². The molecule has 3 rings (SSSR count). The fraction of sp³-hybridized carbons (Fsp3) is 0.286. The third-order valence-corrected chi connectivity index (χ3v) is 5.69. The molecule has 0 bridgehead atoms. The van der Waals surface area contributed by atoms with Crippen LogP contribution in [0.5, 0.6) is 5.75 Å². The monoisotopic (exact) mass is 557 g/mol. The van der Waals surface area contributed by atoms with Gasteiger partial charge in [0.2, 0.25) is 0 Å². The van der Waals surface area contributed by atoms with Gasteiger partial charge in [-0.2, -0.15) is 0 Å². The maximum atomic E-state index is 14.9. The third kappa shape index (κ3) is 7.81. The van der Waals surface area contributed by atoms with E-state index < -0.39 is 17.5 Å². The summed E-state index contributed by atoms with van der Waals surface area (Å²) in [6.07, 6.45) is -0.437. The fourth-order valence-electron chi connectivity index (χ4n) is 3.44. The predicted octanol–water partition coefficient (Wildman–Crippen LogP) is 6.57. The Balaban J connectivity index is 1.77. The quantitative estimate of drug-likeness (QED) is 0.317. The van der Waals surface area contributed by atoms with E-state index in [9.17, 15) is 14.0 Å². The highest BCUT2D eigenvalue weighted by Gasteiger charge is 2.16. The predicted molar refractivity (Wildman–Crippen MR) is 139 cm³/mol. The molecule has 0 saturated heterocycles. The first-order valence-electron chi connectivity index (χ1n) is 11.4. The highest BCUT2D eigenvalue weighted by molar-refractivity contribution is 9.10. The number of hydrogen-bond donors (Lipinski definition) is 1. The molecule has 1 amide bonds. The SMILES string of the molecule is COC(=O)Cc1ccccc1OCc1cc(-c2cccc(CNC(=O)OC(C)(C)C)c2)cc(Br)c1F. The number of halogens is 2. The Bertz CT molecular complexity index is 1240. The molecule has 3 aromatic rings. The molecule has 190 valence electrons. The molecule has 0 fully saturated rings. The number of carbonyl (C=O) groups excluding carboxylic acids is 2. The topological polar surface area (TPSA) is 73.9 Å². The van der Waals surface area contributed by atoms with Gasteiger partial charge in [-0.1, -0.05) is 36.4 Å². The summed E-state index contributed by atoms with van der Waals surface area (Å²) in [5.41, 5.74) is 2.93. The summed E-state index contributed by atoms with van der Waals surface area (Å²) in [7, 11) is 1.33. The van der Waals surface area contributed by atoms with Crippen molar-refractivity contribution in [3.63, 3.8) is 0 Å². The van der Waals surface area contributed by atoms with Gasteiger partial charge in [0.25, 0.3) is 0 Å². The average Bonchev–Trinajstić information content (AvgIpc) is 2.83. The first-order chi connectivity index (χ1) is 17.1. The minimum absolute atomic E-state index is 0.0314. The molecule has 0 aliphatic rings. The third-order valence-electron chi connectivity index (χ3n) is 5.12. The van der Waals surface area contributed by atoms with Crippen molar-refractivity contribution < 1.29 is 28.2 Å². The standard InChI is InChI=1S/C28H29BrFNO5/c1-28(2,3)36-27(33)31-16-18-8-7-10-19(12-18)21-13-22(26(30)23(29)14-21)17-35-24-11-6-5-9-20(24)15-25(32)34-4/h5-14H,15-17H2,1-4H3,(H,31,33). The van der Waals surface area contributed by atoms with Crippen LogP contribution in [-0.2, 0) is 33.8 Å². The first-order valence-corrected chi connectivity index (χ1v) is 12.2. The van der Waals surface area contributed by atoms with E-state index in [4.69, 9.17) is 14.2 Å². The van der Waals surface area contributed by atoms with Gasteiger partial charge >= 0.3 is 12.1 Å². The highest BCUT2D eigenvalue weighted by Crippen LogP contribution is 2.30. The van der Waals surface area contributed by atoms with Crippen LogP contribution in [0, 0.1) is 5.82 Å². The Labute approximate surface area is 218 Å². The van der Waals surface area contributed by atoms with E-state index in [0.717, 1.165) is 16.7 Å². The smallest absolute Gasteiger partial charge is 0.407 e. The Kier molecular flexibility index (Phi) is 9.09. The molecule has 0 aromatic heterocycles. The molecular weight excluding hydrogens is 529 g/mol. The molecule has 6 nitrogen and oxygen atoms in total. The second-order valence-corrected chi connectivity index (χ2v) is 9.99. The van der Waals surface area contributed by atoms with Gasteiger partial charge in [0.1, 0.15) is 23.8 Å². The molecule has 0 radical (unpaired) electrons. The van der Waals surface area contributed by atoms with Crippen molar-refractivity contribution in [1.82, 2.24) is 5.32 Å². The first kappa shape index (κ1) is 27.2. The molecule has 0 heterocycles. The number of methoxy groups -OCH3 is 1. The Hall–Kier alpha value is -3.39. The number of esters is 1. The maximum absolute atomic E-state index is 14.9. The van der Waals surface area contributed by atoms with Crippen molar-refractivity contribution in [2.75, 3.05) is 7.11 Å². The van der Waals surface area contributed by atoms with Crippen molar-refractivity contribution in [3.8, 4) is 16.9 Å². The zero-order valence-electron chi connectivity index (χ0n) is 20.7. The molecule has 1 N–H and O–H groups in total. The molecule has 0 atom stereocenters. The molecule has 0 aliphatic carbocycles. The molecule has 0 unspecified atom stereocenters. The number of amides is 1. The summed E-state index contributed by atoms with van der Waals surface area (Å²) >= 11 is 3.31. The van der Waals surface area contributed by atoms with E-state index in [-0.39, 0.29) is 25.5 Å². The lowest BCUT2D eigenvalue weighted by Crippen LogP contribution is -2.32. The van der Waals surface area contributed by atoms with Crippen LogP contribution in [0.15, 0.2) is 65.1 Å². The van der Waals surface area contributed by atoms with Crippen molar-refractivity contribution in [3.05, 3.63) is 87.6 Å². The average molecular weight is 558 g/mol. The molecule has 8 heteroatoms. The van der Waals surface area contributed by atoms with E-state index in [2.05, 4.69) is 21.2 Å². The number of para-hydroxylation sites is 1. The van der Waals surface area contributed by atoms with Crippen LogP contribution in [0.1, 0.15) is 37.5 Å². The van der Waals surface area contributed by atoms with Crippen molar-refractivity contribution in [1.29, 1.82) is 0 Å². The Morgan fingerprint density at radius 3 is 2.44 bits per heavy atom. The number of hydrogen-bond acceptors (Lipinski definition) is 5. The lowest BCUT2D eigenvalue weighted by Gasteiger charge is -2.19. The van der Waals surface area contributed by atoms with Gasteiger partial charge in [-0.25, -0.2) is 9.18 Å². The minimum atomic E-state index is -0.579. The van der Waals surface area contributed by atoms with Gasteiger partial charge in [-0.05, 0) is 77.7 Å². The normalized spacial score (nSPS) is 11.1. The summed E-state index contributed by atoms with van der Waals surface area (Å²) in [6, 6.07) is 18.1. The van der Waals surface area contributed by atoms with Crippen LogP contribution in [0.3, 0.4) is 0 Å². The van der Waals surface area contributed by atoms with Crippen LogP contribution < -0.4 is 10.1 Å². The van der Waals surface area contributed by atoms with Crippen LogP contribution in [0.2, 0.25) is 0 Å². The molecule has 36 heavy (non-hydrogen) atoms. The van der Waals surface area contributed by atoms with E-state index in [1.165, 1.54) is 7.11 Å². The molecule has 3 aromatic carbocycles. The number of alkyl carbamates (subject to hydrolysis) is 1. The number of benzene rings is 3. The lowest BCUT2D eigenvalue weighted by atomic mass is 10.0. The number of nitrogens with one attached hydrogen (secondary N) is 1. The van der Waals surface area contributed by atoms with E-state index >= 15 is 0 Å². The number of ether oxygens (including phenoxy) is 3. The highest BCUT2D eigenvalue weighted by atomic mass is 79.9. The summed E-state index contributed by atoms with van der Waals surface area (Å²) in [5.74, 6) is -0.325. The Morgan fingerprint density at radius 1 is 0.972 bits per heavy atom. The summed E-state index contributed by atoms with van der Waals surface area (Å²) in [6.45, 7) is 5.67. The minimum Gasteiger partial charge on any atom is -0.488 e. The summed E-state index contributed by atoms with van der Waals surface area (Å²) in [5, 5.41) is 2.74. The zero-order chi connectivity index (χ0) is 26.3. The molecular formula is C28H29BrFNO5. The fourth-order valence-corrected chi connectivity index (χ4v) is 3.94. The zero-order valence-corrected chi connectivity index (χ0v) is 22.3. The number of rotatable bonds is 8. The van der Waals surface area contributed by atoms with Gasteiger partial charge in [-0.3, -0.25) is 4.79 Å². The van der Waals surface area contributed by atoms with Crippen molar-refractivity contribution in [2.24, 2.45) is 0 Å². The second kappa shape index (κ2) is 12.0. The summed E-state index contributed by atoms with van der Waals surface area (Å²) in [4.78, 5) is 23.7. The van der Waals surface area contributed by atoms with Gasteiger partial charge in [0, 0.05) is 17.7 Å².